The van der Waals surface area contributed by atoms with Gasteiger partial charge in [0.1, 0.15) is 0 Å². The Labute approximate surface area is 151 Å². The van der Waals surface area contributed by atoms with Gasteiger partial charge in [-0.05, 0) is 54.3 Å². The molecule has 0 fully saturated rings. The van der Waals surface area contributed by atoms with Crippen LogP contribution in [0.5, 0.6) is 0 Å². The first-order valence-corrected chi connectivity index (χ1v) is 8.47. The molecule has 0 amide bonds. The van der Waals surface area contributed by atoms with E-state index in [-0.39, 0.29) is 17.9 Å². The van der Waals surface area contributed by atoms with Gasteiger partial charge >= 0.3 is 0 Å². The summed E-state index contributed by atoms with van der Waals surface area (Å²) in [7, 11) is 0. The van der Waals surface area contributed by atoms with Crippen molar-refractivity contribution in [3.8, 4) is 0 Å². The van der Waals surface area contributed by atoms with Crippen molar-refractivity contribution < 1.29 is 8.78 Å². The molecule has 2 nitrogen and oxygen atoms in total. The van der Waals surface area contributed by atoms with Crippen LogP contribution in [-0.4, -0.2) is 11.0 Å². The number of benzene rings is 1. The first-order valence-electron chi connectivity index (χ1n) is 8.09. The Bertz CT molecular complexity index is 824. The van der Waals surface area contributed by atoms with Crippen molar-refractivity contribution in [3.05, 3.63) is 87.7 Å². The van der Waals surface area contributed by atoms with Crippen LogP contribution in [0.4, 0.5) is 8.78 Å². The molecule has 3 atom stereocenters. The molecule has 0 aliphatic heterocycles. The van der Waals surface area contributed by atoms with E-state index >= 15 is 0 Å². The molecule has 0 bridgehead atoms. The highest BCUT2D eigenvalue weighted by Crippen LogP contribution is 2.48. The first-order chi connectivity index (χ1) is 11.9. The van der Waals surface area contributed by atoms with Gasteiger partial charge in [0.15, 0.2) is 0 Å². The Hall–Kier alpha value is -2.04. The smallest absolute Gasteiger partial charge is 0.215 e. The minimum Gasteiger partial charge on any atom is -0.324 e. The van der Waals surface area contributed by atoms with E-state index in [4.69, 9.17) is 17.3 Å². The molecule has 0 saturated heterocycles. The lowest BCUT2D eigenvalue weighted by molar-refractivity contribution is 0.503. The average molecular weight is 361 g/mol. The van der Waals surface area contributed by atoms with Crippen LogP contribution in [0.25, 0.3) is 0 Å². The Morgan fingerprint density at radius 1 is 1.04 bits per heavy atom. The zero-order valence-corrected chi connectivity index (χ0v) is 14.8. The number of nitrogens with two attached hydrogens (primary N) is 1. The van der Waals surface area contributed by atoms with E-state index in [2.05, 4.69) is 4.98 Å². The van der Waals surface area contributed by atoms with Gasteiger partial charge in [0.05, 0.1) is 0 Å². The SMILES string of the molecule is CC1=C(Cl)C=C(C(C)N)C(c2ccccc2)C1c1cc(F)nc(F)c1. The van der Waals surface area contributed by atoms with Crippen LogP contribution in [0.15, 0.2) is 64.7 Å². The second-order valence-electron chi connectivity index (χ2n) is 6.38. The second kappa shape index (κ2) is 7.06. The highest BCUT2D eigenvalue weighted by molar-refractivity contribution is 6.31. The number of pyridine rings is 1. The summed E-state index contributed by atoms with van der Waals surface area (Å²) < 4.78 is 27.5. The van der Waals surface area contributed by atoms with E-state index in [0.717, 1.165) is 16.7 Å². The maximum Gasteiger partial charge on any atom is 0.215 e. The van der Waals surface area contributed by atoms with Gasteiger partial charge in [-0.15, -0.1) is 0 Å². The molecule has 0 saturated carbocycles. The monoisotopic (exact) mass is 360 g/mol. The molecule has 5 heteroatoms. The molecule has 1 aromatic carbocycles. The molecule has 2 aromatic rings. The lowest BCUT2D eigenvalue weighted by Gasteiger charge is -2.36. The number of rotatable bonds is 3. The normalized spacial score (nSPS) is 21.9. The predicted octanol–water partition coefficient (Wildman–Crippen LogP) is 5.03. The van der Waals surface area contributed by atoms with Crippen molar-refractivity contribution in [1.82, 2.24) is 4.98 Å². The highest BCUT2D eigenvalue weighted by Gasteiger charge is 2.35. The molecule has 130 valence electrons. The van der Waals surface area contributed by atoms with E-state index in [9.17, 15) is 8.78 Å². The van der Waals surface area contributed by atoms with Crippen LogP contribution >= 0.6 is 11.6 Å². The van der Waals surface area contributed by atoms with Gasteiger partial charge in [-0.3, -0.25) is 0 Å². The lowest BCUT2D eigenvalue weighted by Crippen LogP contribution is -2.29. The number of allylic oxidation sites excluding steroid dienone is 3. The third-order valence-electron chi connectivity index (χ3n) is 4.66. The summed E-state index contributed by atoms with van der Waals surface area (Å²) in [6.07, 6.45) is 1.88. The Kier molecular flexibility index (Phi) is 5.02. The molecule has 1 aliphatic rings. The molecule has 3 unspecified atom stereocenters. The van der Waals surface area contributed by atoms with E-state index in [0.29, 0.717) is 10.6 Å². The molecule has 0 spiro atoms. The molecule has 2 N–H and O–H groups in total. The summed E-state index contributed by atoms with van der Waals surface area (Å²) in [5.41, 5.74) is 9.50. The molecule has 25 heavy (non-hydrogen) atoms. The van der Waals surface area contributed by atoms with Crippen LogP contribution in [0.2, 0.25) is 0 Å². The number of hydrogen-bond donors (Lipinski definition) is 1. The molecule has 0 radical (unpaired) electrons. The van der Waals surface area contributed by atoms with Crippen LogP contribution in [-0.2, 0) is 0 Å². The summed E-state index contributed by atoms with van der Waals surface area (Å²) in [5, 5.41) is 0.558. The molecule has 1 aliphatic carbocycles. The summed E-state index contributed by atoms with van der Waals surface area (Å²) in [4.78, 5) is 3.20. The van der Waals surface area contributed by atoms with Gasteiger partial charge in [-0.25, -0.2) is 0 Å². The predicted molar refractivity (Wildman–Crippen MR) is 96.4 cm³/mol. The summed E-state index contributed by atoms with van der Waals surface area (Å²) in [6, 6.07) is 12.1. The van der Waals surface area contributed by atoms with Gasteiger partial charge < -0.3 is 5.73 Å². The fraction of sp³-hybridized carbons (Fsp3) is 0.250. The van der Waals surface area contributed by atoms with E-state index in [1.807, 2.05) is 50.3 Å². The minimum absolute atomic E-state index is 0.148. The molecule has 1 heterocycles. The fourth-order valence-electron chi connectivity index (χ4n) is 3.51. The second-order valence-corrected chi connectivity index (χ2v) is 6.78. The average Bonchev–Trinajstić information content (AvgIpc) is 2.56. The molecule has 3 rings (SSSR count). The highest BCUT2D eigenvalue weighted by atomic mass is 35.5. The van der Waals surface area contributed by atoms with E-state index in [1.54, 1.807) is 0 Å². The lowest BCUT2D eigenvalue weighted by atomic mass is 9.69. The Balaban J connectivity index is 2.23. The summed E-state index contributed by atoms with van der Waals surface area (Å²) >= 11 is 6.43. The fourth-order valence-corrected chi connectivity index (χ4v) is 3.75. The van der Waals surface area contributed by atoms with Crippen molar-refractivity contribution in [1.29, 1.82) is 0 Å². The van der Waals surface area contributed by atoms with Crippen LogP contribution in [0.1, 0.15) is 36.8 Å². The zero-order valence-electron chi connectivity index (χ0n) is 14.0. The Morgan fingerprint density at radius 3 is 2.20 bits per heavy atom. The van der Waals surface area contributed by atoms with E-state index in [1.165, 1.54) is 12.1 Å². The van der Waals surface area contributed by atoms with Gasteiger partial charge in [-0.2, -0.15) is 13.8 Å². The van der Waals surface area contributed by atoms with Crippen molar-refractivity contribution in [2.24, 2.45) is 5.73 Å². The van der Waals surface area contributed by atoms with Crippen molar-refractivity contribution in [2.75, 3.05) is 0 Å². The van der Waals surface area contributed by atoms with Crippen LogP contribution in [0.3, 0.4) is 0 Å². The summed E-state index contributed by atoms with van der Waals surface area (Å²) in [5.74, 6) is -2.15. The third kappa shape index (κ3) is 3.51. The maximum absolute atomic E-state index is 13.8. The van der Waals surface area contributed by atoms with Gasteiger partial charge in [-0.1, -0.05) is 41.9 Å². The standard InChI is InChI=1S/C20H19ClF2N2/c1-11-16(21)10-15(12(2)24)20(13-6-4-3-5-7-13)19(11)14-8-17(22)25-18(23)9-14/h3-10,12,19-20H,24H2,1-2H3. The van der Waals surface area contributed by atoms with Crippen molar-refractivity contribution in [3.63, 3.8) is 0 Å². The topological polar surface area (TPSA) is 38.9 Å². The van der Waals surface area contributed by atoms with Gasteiger partial charge in [0.2, 0.25) is 11.9 Å². The number of hydrogen-bond acceptors (Lipinski definition) is 2. The van der Waals surface area contributed by atoms with Gasteiger partial charge in [0, 0.05) is 22.9 Å². The van der Waals surface area contributed by atoms with E-state index < -0.39 is 11.9 Å². The Morgan fingerprint density at radius 2 is 1.64 bits per heavy atom. The van der Waals surface area contributed by atoms with Crippen LogP contribution < -0.4 is 5.73 Å². The van der Waals surface area contributed by atoms with Crippen molar-refractivity contribution in [2.45, 2.75) is 31.7 Å². The summed E-state index contributed by atoms with van der Waals surface area (Å²) in [6.45, 7) is 3.77. The molecular weight excluding hydrogens is 342 g/mol. The number of nitrogens with zero attached hydrogens (tertiary/aromatic N) is 1. The molecular formula is C20H19ClF2N2. The third-order valence-corrected chi connectivity index (χ3v) is 5.07. The van der Waals surface area contributed by atoms with Crippen LogP contribution in [0, 0.1) is 11.9 Å². The number of aromatic nitrogens is 1. The minimum atomic E-state index is -0.845. The maximum atomic E-state index is 13.8. The zero-order chi connectivity index (χ0) is 18.1. The quantitative estimate of drug-likeness (QED) is 0.780. The number of halogens is 3. The largest absolute Gasteiger partial charge is 0.324 e. The first kappa shape index (κ1) is 17.8. The van der Waals surface area contributed by atoms with Gasteiger partial charge in [0.25, 0.3) is 0 Å². The molecule has 1 aromatic heterocycles. The van der Waals surface area contributed by atoms with Crippen molar-refractivity contribution >= 4 is 11.6 Å².